The summed E-state index contributed by atoms with van der Waals surface area (Å²) >= 11 is 0. The molecule has 0 saturated carbocycles. The van der Waals surface area contributed by atoms with E-state index in [0.717, 1.165) is 0 Å². The van der Waals surface area contributed by atoms with Crippen molar-refractivity contribution < 1.29 is 29.3 Å². The molecule has 0 aromatic heterocycles. The van der Waals surface area contributed by atoms with Gasteiger partial charge in [-0.1, -0.05) is 0 Å². The SMILES string of the molecule is CC(C)(C)OC(=O)N1CCCC1(C=O)CN[C@@H](CO)C(=O)O. The number of carbonyl (C=O) groups is 3. The number of carbonyl (C=O) groups excluding carboxylic acids is 2. The molecule has 0 bridgehead atoms. The molecule has 8 nitrogen and oxygen atoms in total. The summed E-state index contributed by atoms with van der Waals surface area (Å²) in [5, 5.41) is 20.6. The molecule has 0 spiro atoms. The maximum absolute atomic E-state index is 12.2. The van der Waals surface area contributed by atoms with Crippen LogP contribution in [0, 0.1) is 0 Å². The number of amides is 1. The van der Waals surface area contributed by atoms with Gasteiger partial charge in [0.1, 0.15) is 23.5 Å². The van der Waals surface area contributed by atoms with Gasteiger partial charge in [0.2, 0.25) is 0 Å². The van der Waals surface area contributed by atoms with Gasteiger partial charge in [-0.3, -0.25) is 15.0 Å². The third-order valence-corrected chi connectivity index (χ3v) is 3.50. The lowest BCUT2D eigenvalue weighted by Crippen LogP contribution is -2.58. The molecule has 0 radical (unpaired) electrons. The highest BCUT2D eigenvalue weighted by Crippen LogP contribution is 2.29. The first-order valence-electron chi connectivity index (χ1n) is 7.19. The number of aldehydes is 1. The lowest BCUT2D eigenvalue weighted by molar-refractivity contribution is -0.140. The molecule has 1 fully saturated rings. The predicted octanol–water partition coefficient (Wildman–Crippen LogP) is -0.00990. The summed E-state index contributed by atoms with van der Waals surface area (Å²) in [7, 11) is 0. The van der Waals surface area contributed by atoms with E-state index in [1.807, 2.05) is 0 Å². The second-order valence-corrected chi connectivity index (χ2v) is 6.41. The number of rotatable bonds is 6. The first-order chi connectivity index (χ1) is 10.1. The summed E-state index contributed by atoms with van der Waals surface area (Å²) < 4.78 is 5.29. The Hall–Kier alpha value is -1.67. The molecule has 1 saturated heterocycles. The van der Waals surface area contributed by atoms with Crippen molar-refractivity contribution in [3.8, 4) is 0 Å². The van der Waals surface area contributed by atoms with Crippen molar-refractivity contribution in [1.29, 1.82) is 0 Å². The fraction of sp³-hybridized carbons (Fsp3) is 0.786. The van der Waals surface area contributed by atoms with E-state index >= 15 is 0 Å². The van der Waals surface area contributed by atoms with Crippen LogP contribution >= 0.6 is 0 Å². The molecule has 8 heteroatoms. The number of likely N-dealkylation sites (tertiary alicyclic amines) is 1. The van der Waals surface area contributed by atoms with Gasteiger partial charge in [-0.05, 0) is 33.6 Å². The molecular formula is C14H24N2O6. The van der Waals surface area contributed by atoms with Gasteiger partial charge in [0, 0.05) is 13.1 Å². The molecule has 1 unspecified atom stereocenters. The van der Waals surface area contributed by atoms with Gasteiger partial charge < -0.3 is 19.7 Å². The Bertz CT molecular complexity index is 434. The number of carboxylic acid groups (broad SMARTS) is 1. The van der Waals surface area contributed by atoms with Crippen molar-refractivity contribution in [2.24, 2.45) is 0 Å². The number of nitrogens with one attached hydrogen (secondary N) is 1. The minimum Gasteiger partial charge on any atom is -0.480 e. The van der Waals surface area contributed by atoms with Crippen LogP contribution in [0.25, 0.3) is 0 Å². The highest BCUT2D eigenvalue weighted by atomic mass is 16.6. The second-order valence-electron chi connectivity index (χ2n) is 6.41. The second kappa shape index (κ2) is 7.06. The average molecular weight is 316 g/mol. The van der Waals surface area contributed by atoms with E-state index in [-0.39, 0.29) is 6.54 Å². The molecule has 2 atom stereocenters. The molecule has 22 heavy (non-hydrogen) atoms. The van der Waals surface area contributed by atoms with Crippen molar-refractivity contribution in [2.45, 2.75) is 50.8 Å². The minimum absolute atomic E-state index is 0.0483. The normalized spacial score (nSPS) is 23.2. The summed E-state index contributed by atoms with van der Waals surface area (Å²) in [4.78, 5) is 36.1. The first-order valence-corrected chi connectivity index (χ1v) is 7.19. The monoisotopic (exact) mass is 316 g/mol. The Balaban J connectivity index is 2.83. The van der Waals surface area contributed by atoms with Gasteiger partial charge in [-0.15, -0.1) is 0 Å². The molecule has 1 amide bonds. The lowest BCUT2D eigenvalue weighted by atomic mass is 9.98. The highest BCUT2D eigenvalue weighted by Gasteiger charge is 2.45. The molecule has 0 aliphatic carbocycles. The van der Waals surface area contributed by atoms with Crippen LogP contribution in [-0.2, 0) is 14.3 Å². The fourth-order valence-electron chi connectivity index (χ4n) is 2.37. The van der Waals surface area contributed by atoms with Crippen LogP contribution in [0.1, 0.15) is 33.6 Å². The highest BCUT2D eigenvalue weighted by molar-refractivity contribution is 5.78. The van der Waals surface area contributed by atoms with E-state index in [1.165, 1.54) is 4.90 Å². The topological polar surface area (TPSA) is 116 Å². The average Bonchev–Trinajstić information content (AvgIpc) is 2.81. The number of carboxylic acids is 1. The Morgan fingerprint density at radius 3 is 2.55 bits per heavy atom. The molecular weight excluding hydrogens is 292 g/mol. The van der Waals surface area contributed by atoms with Gasteiger partial charge in [-0.2, -0.15) is 0 Å². The van der Waals surface area contributed by atoms with E-state index < -0.39 is 35.9 Å². The fourth-order valence-corrected chi connectivity index (χ4v) is 2.37. The number of aliphatic carboxylic acids is 1. The van der Waals surface area contributed by atoms with Crippen LogP contribution in [0.2, 0.25) is 0 Å². The summed E-state index contributed by atoms with van der Waals surface area (Å²) in [6.07, 6.45) is 1.08. The van der Waals surface area contributed by atoms with Crippen LogP contribution in [0.5, 0.6) is 0 Å². The number of hydrogen-bond donors (Lipinski definition) is 3. The largest absolute Gasteiger partial charge is 0.480 e. The number of aliphatic hydroxyl groups is 1. The van der Waals surface area contributed by atoms with Gasteiger partial charge >= 0.3 is 12.1 Å². The van der Waals surface area contributed by atoms with Crippen LogP contribution in [-0.4, -0.2) is 70.3 Å². The summed E-state index contributed by atoms with van der Waals surface area (Å²) in [6, 6.07) is -1.18. The van der Waals surface area contributed by atoms with Gasteiger partial charge in [0.15, 0.2) is 0 Å². The van der Waals surface area contributed by atoms with Gasteiger partial charge in [0.05, 0.1) is 6.61 Å². The summed E-state index contributed by atoms with van der Waals surface area (Å²) in [5.41, 5.74) is -1.83. The minimum atomic E-state index is -1.22. The van der Waals surface area contributed by atoms with Crippen LogP contribution < -0.4 is 5.32 Å². The zero-order chi connectivity index (χ0) is 17.0. The maximum atomic E-state index is 12.2. The van der Waals surface area contributed by atoms with E-state index in [0.29, 0.717) is 25.7 Å². The quantitative estimate of drug-likeness (QED) is 0.590. The van der Waals surface area contributed by atoms with Crippen molar-refractivity contribution in [2.75, 3.05) is 19.7 Å². The Kier molecular flexibility index (Phi) is 5.90. The van der Waals surface area contributed by atoms with E-state index in [2.05, 4.69) is 5.32 Å². The molecule has 1 heterocycles. The van der Waals surface area contributed by atoms with Crippen molar-refractivity contribution in [3.63, 3.8) is 0 Å². The van der Waals surface area contributed by atoms with E-state index in [4.69, 9.17) is 14.9 Å². The zero-order valence-corrected chi connectivity index (χ0v) is 13.2. The maximum Gasteiger partial charge on any atom is 0.411 e. The number of nitrogens with zero attached hydrogens (tertiary/aromatic N) is 1. The Morgan fingerprint density at radius 2 is 2.09 bits per heavy atom. The van der Waals surface area contributed by atoms with Gasteiger partial charge in [-0.25, -0.2) is 4.79 Å². The molecule has 0 aromatic carbocycles. The molecule has 126 valence electrons. The van der Waals surface area contributed by atoms with Gasteiger partial charge in [0.25, 0.3) is 0 Å². The van der Waals surface area contributed by atoms with Crippen LogP contribution in [0.15, 0.2) is 0 Å². The number of hydrogen-bond acceptors (Lipinski definition) is 6. The molecule has 1 aliphatic rings. The summed E-state index contributed by atoms with van der Waals surface area (Å²) in [6.45, 7) is 4.91. The lowest BCUT2D eigenvalue weighted by Gasteiger charge is -2.35. The third-order valence-electron chi connectivity index (χ3n) is 3.50. The van der Waals surface area contributed by atoms with E-state index in [9.17, 15) is 14.4 Å². The zero-order valence-electron chi connectivity index (χ0n) is 13.2. The number of aliphatic hydroxyl groups excluding tert-OH is 1. The first kappa shape index (κ1) is 18.4. The standard InChI is InChI=1S/C14H24N2O6/c1-13(2,3)22-12(21)16-6-4-5-14(16,9-18)8-15-10(7-17)11(19)20/h9-10,15,17H,4-8H2,1-3H3,(H,19,20)/t10-,14?/m0/s1. The molecule has 1 aliphatic heterocycles. The number of ether oxygens (including phenoxy) is 1. The molecule has 3 N–H and O–H groups in total. The van der Waals surface area contributed by atoms with Crippen LogP contribution in [0.4, 0.5) is 4.79 Å². The third kappa shape index (κ3) is 4.41. The van der Waals surface area contributed by atoms with Crippen molar-refractivity contribution >= 4 is 18.3 Å². The molecule has 1 rings (SSSR count). The summed E-state index contributed by atoms with van der Waals surface area (Å²) in [5.74, 6) is -1.22. The Morgan fingerprint density at radius 1 is 1.45 bits per heavy atom. The van der Waals surface area contributed by atoms with Crippen molar-refractivity contribution in [3.05, 3.63) is 0 Å². The van der Waals surface area contributed by atoms with Crippen molar-refractivity contribution in [1.82, 2.24) is 10.2 Å². The predicted molar refractivity (Wildman–Crippen MR) is 77.5 cm³/mol. The molecule has 0 aromatic rings. The van der Waals surface area contributed by atoms with E-state index in [1.54, 1.807) is 20.8 Å². The van der Waals surface area contributed by atoms with Crippen LogP contribution in [0.3, 0.4) is 0 Å². The Labute approximate surface area is 129 Å². The smallest absolute Gasteiger partial charge is 0.411 e.